The van der Waals surface area contributed by atoms with Crippen molar-refractivity contribution in [3.05, 3.63) is 0 Å². The number of rotatable bonds is 77. The fourth-order valence-electron chi connectivity index (χ4n) is 25.3. The lowest BCUT2D eigenvalue weighted by molar-refractivity contribution is -0.500. The normalized spacial score (nSPS) is 20.3. The first-order valence-electron chi connectivity index (χ1n) is 63.4. The highest BCUT2D eigenvalue weighted by Gasteiger charge is 2.41. The molecule has 9 atom stereocenters. The van der Waals surface area contributed by atoms with E-state index in [4.69, 9.17) is 45.3 Å². The molecule has 1 heterocycles. The molecule has 0 aromatic carbocycles. The van der Waals surface area contributed by atoms with Crippen LogP contribution in [0.5, 0.6) is 0 Å². The Bertz CT molecular complexity index is 3400. The van der Waals surface area contributed by atoms with Gasteiger partial charge in [0.25, 0.3) is 0 Å². The van der Waals surface area contributed by atoms with Crippen molar-refractivity contribution in [2.24, 2.45) is 41.4 Å². The van der Waals surface area contributed by atoms with Gasteiger partial charge in [0, 0.05) is 180 Å². The number of phosphoric acid groups is 2. The highest BCUT2D eigenvalue weighted by atomic mass is 31.2. The summed E-state index contributed by atoms with van der Waals surface area (Å²) in [6, 6.07) is 6.93. The van der Waals surface area contributed by atoms with Crippen LogP contribution in [0, 0.1) is 53.3 Å². The number of unbranched alkanes of at least 4 members (excludes halogenated alkanes) is 12. The molecule has 148 heavy (non-hydrogen) atoms. The molecule has 882 valence electrons. The summed E-state index contributed by atoms with van der Waals surface area (Å²) in [6.45, 7) is 47.2. The minimum Gasteiger partial charge on any atom is -0.381 e. The summed E-state index contributed by atoms with van der Waals surface area (Å²) in [6.07, 6.45) is 95.2. The molecular formula is C120H258N5O14P4Si5+5. The Morgan fingerprint density at radius 2 is 0.608 bits per heavy atom. The van der Waals surface area contributed by atoms with Gasteiger partial charge in [-0.1, -0.05) is 387 Å². The van der Waals surface area contributed by atoms with Gasteiger partial charge in [0.05, 0.1) is 54.1 Å². The summed E-state index contributed by atoms with van der Waals surface area (Å²) in [5.74, 6) is 13.4. The van der Waals surface area contributed by atoms with E-state index in [0.717, 1.165) is 139 Å². The lowest BCUT2D eigenvalue weighted by Gasteiger charge is -2.38. The van der Waals surface area contributed by atoms with Crippen LogP contribution >= 0.6 is 30.6 Å². The van der Waals surface area contributed by atoms with Gasteiger partial charge in [-0.15, -0.1) is 11.8 Å². The molecule has 0 radical (unpaired) electrons. The average molecular weight is 2260 g/mol. The molecule has 5 saturated carbocycles. The molecule has 5 aliphatic carbocycles. The zero-order chi connectivity index (χ0) is 111. The molecule has 1 saturated heterocycles. The minimum absolute atomic E-state index is 0.0320. The molecule has 28 heteroatoms. The van der Waals surface area contributed by atoms with Crippen molar-refractivity contribution < 1.29 is 94.2 Å². The van der Waals surface area contributed by atoms with Crippen LogP contribution in [0.25, 0.3) is 0 Å². The topological polar surface area (TPSA) is 354 Å². The van der Waals surface area contributed by atoms with Crippen LogP contribution in [0.3, 0.4) is 0 Å². The van der Waals surface area contributed by atoms with Gasteiger partial charge in [0.1, 0.15) is 0 Å². The second kappa shape index (κ2) is 79.9. The Labute approximate surface area is 922 Å². The molecular weight excluding hydrogens is 2000 g/mol. The molecule has 0 amide bonds. The van der Waals surface area contributed by atoms with E-state index < -0.39 is 71.0 Å². The van der Waals surface area contributed by atoms with Crippen LogP contribution in [0.15, 0.2) is 0 Å². The molecule has 1 aliphatic heterocycles. The van der Waals surface area contributed by atoms with Crippen LogP contribution in [-0.4, -0.2) is 151 Å². The van der Waals surface area contributed by atoms with Crippen molar-refractivity contribution in [1.29, 1.82) is 0 Å². The zero-order valence-corrected chi connectivity index (χ0v) is 110. The lowest BCUT2D eigenvalue weighted by Crippen LogP contribution is -2.76. The predicted molar refractivity (Wildman–Crippen MR) is 652 cm³/mol. The highest BCUT2D eigenvalue weighted by molar-refractivity contribution is 7.57. The molecule has 0 aromatic rings. The van der Waals surface area contributed by atoms with E-state index in [-0.39, 0.29) is 53.7 Å². The van der Waals surface area contributed by atoms with E-state index in [9.17, 15) is 32.9 Å². The van der Waals surface area contributed by atoms with Gasteiger partial charge >= 0.3 is 23.2 Å². The Hall–Kier alpha value is 0.964. The molecule has 6 rings (SSSR count). The van der Waals surface area contributed by atoms with Gasteiger partial charge in [0.15, 0.2) is 7.37 Å². The van der Waals surface area contributed by atoms with Gasteiger partial charge in [-0.3, -0.25) is 22.7 Å². The Morgan fingerprint density at radius 1 is 0.324 bits per heavy atom. The second-order valence-electron chi connectivity index (χ2n) is 56.0. The van der Waals surface area contributed by atoms with E-state index >= 15 is 0 Å². The van der Waals surface area contributed by atoms with Crippen LogP contribution in [-0.2, 0) is 41.1 Å². The van der Waals surface area contributed by atoms with Crippen molar-refractivity contribution in [3.8, 4) is 11.8 Å². The van der Waals surface area contributed by atoms with Gasteiger partial charge in [-0.2, -0.15) is 0 Å². The van der Waals surface area contributed by atoms with Crippen LogP contribution in [0.2, 0.25) is 128 Å². The third-order valence-corrected chi connectivity index (χ3v) is 49.1. The van der Waals surface area contributed by atoms with Gasteiger partial charge < -0.3 is 62.4 Å². The third-order valence-electron chi connectivity index (χ3n) is 34.8. The first-order valence-corrected chi connectivity index (χ1v) is 88.7. The Balaban J connectivity index is 0.000000625. The smallest absolute Gasteiger partial charge is 0.381 e. The van der Waals surface area contributed by atoms with Crippen LogP contribution in [0.1, 0.15) is 496 Å². The second-order valence-corrected chi connectivity index (χ2v) is 91.4. The van der Waals surface area contributed by atoms with Gasteiger partial charge in [0.2, 0.25) is 0 Å². The van der Waals surface area contributed by atoms with E-state index in [0.29, 0.717) is 31.3 Å². The van der Waals surface area contributed by atoms with E-state index in [1.54, 1.807) is 13.8 Å². The molecule has 9 unspecified atom stereocenters. The zero-order valence-electron chi connectivity index (χ0n) is 102. The van der Waals surface area contributed by atoms with Crippen molar-refractivity contribution in [1.82, 2.24) is 0 Å². The Kier molecular flexibility index (Phi) is 78.3. The fraction of sp³-hybridized carbons (Fsp3) is 0.983. The van der Waals surface area contributed by atoms with Crippen molar-refractivity contribution in [2.75, 3.05) is 58.1 Å². The standard InChI is InChI=1S/C28H53NOSi.C24H52NO3PSi.C24H52NO2PSi.C23H50NO4PSi.C21H46NO4PSi/c1-5-6-8-16-26(24-31(2,3)4)17-21-28(29,27-18-22-30-23-19-27)20-12-11-15-25-13-9-7-10-14-25;1-5-28-29(26,27)21-13-11-19-24(25,20-12-14-22-30(2,3)4)18-10-9-17-23-15-7-6-8-16-23;1-5-28(26,27)21-13-11-19-24(25,20-12-14-22-29(2,3)4)18-10-9-17-23-15-7-6-8-16-23;1-5-27-29(25,26)28-20-13-19-23(24,18-11-12-21-30(2,3)4)17-10-9-16-22-14-7-6-8-15-22;1-28(2,3)19-10-9-16-21(22,17-11-18-26-27(23,24)25)15-8-7-14-20-12-5-4-6-13-20/h25-27H,5-7,9-15,17-24,29H2,1-4H3;23H,5-22,25H2,1-4H3,(H,26,27);23H,5-22,25H2,1-4H3,(H,26,27);22H,5-21,24H2,1-4H3,(H,25,26);20H,4-19,22H2,1-3H3,(H2,23,24,25)/p+5. The summed E-state index contributed by atoms with van der Waals surface area (Å²) >= 11 is 0. The lowest BCUT2D eigenvalue weighted by atomic mass is 9.72. The first-order chi connectivity index (χ1) is 69.5. The maximum atomic E-state index is 11.9. The number of hydrogen-bond acceptors (Lipinski definition) is 9. The van der Waals surface area contributed by atoms with Crippen molar-refractivity contribution in [2.45, 2.75) is 653 Å². The van der Waals surface area contributed by atoms with Crippen LogP contribution in [0.4, 0.5) is 0 Å². The maximum absolute atomic E-state index is 11.9. The summed E-state index contributed by atoms with van der Waals surface area (Å²) in [4.78, 5) is 47.0. The SMILES string of the molecule is CCCC#CC(CCC([NH3+])(CCCCC1CCCCC1)C1CCOCC1)C[Si](C)(C)C.CCOP(=O)(O)CCCCC([NH3+])(CCCCC1CCCCC1)CCCC[Si](C)(C)C.CCOP(=O)(O)OCCCC([NH3+])(CCCCC1CCCCC1)CCCC[Si](C)(C)C.CCP(=O)(O)CCCCC([NH3+])(CCCCC1CCCCC1)CCCC[Si](C)(C)C.C[Si](C)(C)CCCCC([NH3+])(CCCCC1CCCCC1)CCCOP(=O)(O)O. The molecule has 19 nitrogen and oxygen atoms in total. The number of quaternary nitrogens is 5. The summed E-state index contributed by atoms with van der Waals surface area (Å²) < 4.78 is 71.7. The van der Waals surface area contributed by atoms with Crippen LogP contribution < -0.4 is 28.7 Å². The molecule has 0 aromatic heterocycles. The fourth-order valence-corrected chi connectivity index (χ4v) is 35.7. The molecule has 6 fully saturated rings. The van der Waals surface area contributed by atoms with Crippen molar-refractivity contribution >= 4 is 71.0 Å². The Morgan fingerprint density at radius 3 is 0.892 bits per heavy atom. The van der Waals surface area contributed by atoms with Gasteiger partial charge in [-0.25, -0.2) is 9.13 Å². The first kappa shape index (κ1) is 145. The predicted octanol–water partition coefficient (Wildman–Crippen LogP) is 33.2. The summed E-state index contributed by atoms with van der Waals surface area (Å²) in [5.41, 5.74) is 24.3. The summed E-state index contributed by atoms with van der Waals surface area (Å²) in [5, 5.41) is 0. The van der Waals surface area contributed by atoms with E-state index in [1.807, 2.05) is 6.92 Å². The third kappa shape index (κ3) is 83.2. The average Bonchev–Trinajstić information content (AvgIpc) is 0.827. The monoisotopic (exact) mass is 2260 g/mol. The number of ether oxygens (including phenoxy) is 1. The summed E-state index contributed by atoms with van der Waals surface area (Å²) in [7, 11) is -19.4. The molecule has 0 bridgehead atoms. The van der Waals surface area contributed by atoms with Gasteiger partial charge in [-0.05, 0) is 171 Å². The maximum Gasteiger partial charge on any atom is 0.472 e. The van der Waals surface area contributed by atoms with E-state index in [1.165, 1.54) is 403 Å². The largest absolute Gasteiger partial charge is 0.472 e. The number of phosphoric ester groups is 2. The quantitative estimate of drug-likeness (QED) is 0.0117. The molecule has 6 aliphatic rings. The number of hydrogen-bond donors (Lipinski definition) is 10. The van der Waals surface area contributed by atoms with Crippen molar-refractivity contribution in [3.63, 3.8) is 0 Å². The van der Waals surface area contributed by atoms with E-state index in [2.05, 4.69) is 133 Å². The minimum atomic E-state index is -4.35. The molecule has 0 spiro atoms. The highest BCUT2D eigenvalue weighted by Crippen LogP contribution is 2.47. The molecule has 20 N–H and O–H groups in total.